The van der Waals surface area contributed by atoms with E-state index in [4.69, 9.17) is 10.2 Å². The number of carbonyl (C=O) groups excluding carboxylic acids is 1. The Bertz CT molecular complexity index is 654. The summed E-state index contributed by atoms with van der Waals surface area (Å²) in [6.07, 6.45) is 1.37. The van der Waals surface area contributed by atoms with Gasteiger partial charge in [-0.3, -0.25) is 9.59 Å². The quantitative estimate of drug-likeness (QED) is 0.757. The second kappa shape index (κ2) is 5.82. The molecule has 1 aliphatic carbocycles. The fraction of sp³-hybridized carbons (Fsp3) is 0.385. The molecule has 1 aliphatic rings. The lowest BCUT2D eigenvalue weighted by molar-refractivity contribution is -0.141. The first-order chi connectivity index (χ1) is 9.77. The van der Waals surface area contributed by atoms with Crippen molar-refractivity contribution < 1.29 is 23.1 Å². The van der Waals surface area contributed by atoms with Crippen LogP contribution < -0.4 is 10.5 Å². The van der Waals surface area contributed by atoms with Crippen LogP contribution in [-0.2, 0) is 19.6 Å². The number of benzene rings is 1. The molecule has 1 aromatic carbocycles. The van der Waals surface area contributed by atoms with Gasteiger partial charge in [0.05, 0.1) is 10.8 Å². The van der Waals surface area contributed by atoms with Crippen LogP contribution in [0.1, 0.15) is 19.3 Å². The summed E-state index contributed by atoms with van der Waals surface area (Å²) >= 11 is 0. The number of aliphatic carboxylic acids is 1. The van der Waals surface area contributed by atoms with E-state index in [0.29, 0.717) is 24.9 Å². The third-order valence-electron chi connectivity index (χ3n) is 3.60. The van der Waals surface area contributed by atoms with Crippen LogP contribution in [0, 0.1) is 11.8 Å². The average Bonchev–Trinajstić information content (AvgIpc) is 2.88. The molecule has 0 heterocycles. The van der Waals surface area contributed by atoms with Crippen molar-refractivity contribution >= 4 is 27.6 Å². The first kappa shape index (κ1) is 15.5. The highest BCUT2D eigenvalue weighted by Crippen LogP contribution is 2.31. The summed E-state index contributed by atoms with van der Waals surface area (Å²) in [5.74, 6) is -1.92. The van der Waals surface area contributed by atoms with Crippen LogP contribution in [-0.4, -0.2) is 25.4 Å². The van der Waals surface area contributed by atoms with Gasteiger partial charge in [0.15, 0.2) is 0 Å². The van der Waals surface area contributed by atoms with Crippen molar-refractivity contribution in [1.29, 1.82) is 0 Å². The molecule has 0 bridgehead atoms. The molecule has 0 saturated heterocycles. The van der Waals surface area contributed by atoms with Crippen LogP contribution in [0.15, 0.2) is 29.2 Å². The highest BCUT2D eigenvalue weighted by Gasteiger charge is 2.33. The van der Waals surface area contributed by atoms with Gasteiger partial charge >= 0.3 is 5.97 Å². The predicted molar refractivity (Wildman–Crippen MR) is 74.9 cm³/mol. The van der Waals surface area contributed by atoms with Gasteiger partial charge in [-0.15, -0.1) is 0 Å². The molecule has 2 rings (SSSR count). The Morgan fingerprint density at radius 2 is 1.71 bits per heavy atom. The highest BCUT2D eigenvalue weighted by molar-refractivity contribution is 7.89. The molecule has 8 heteroatoms. The zero-order valence-corrected chi connectivity index (χ0v) is 12.0. The molecule has 114 valence electrons. The lowest BCUT2D eigenvalue weighted by Gasteiger charge is -2.11. The maximum atomic E-state index is 12.0. The van der Waals surface area contributed by atoms with Crippen LogP contribution in [0.5, 0.6) is 0 Å². The fourth-order valence-electron chi connectivity index (χ4n) is 2.42. The van der Waals surface area contributed by atoms with Crippen molar-refractivity contribution in [1.82, 2.24) is 0 Å². The van der Waals surface area contributed by atoms with Gasteiger partial charge in [0.2, 0.25) is 15.9 Å². The summed E-state index contributed by atoms with van der Waals surface area (Å²) < 4.78 is 22.2. The van der Waals surface area contributed by atoms with Crippen molar-refractivity contribution in [3.8, 4) is 0 Å². The number of sulfonamides is 1. The van der Waals surface area contributed by atoms with Crippen LogP contribution in [0.25, 0.3) is 0 Å². The van der Waals surface area contributed by atoms with Gasteiger partial charge in [-0.1, -0.05) is 0 Å². The molecule has 21 heavy (non-hydrogen) atoms. The second-order valence-corrected chi connectivity index (χ2v) is 6.67. The first-order valence-corrected chi connectivity index (χ1v) is 7.98. The summed E-state index contributed by atoms with van der Waals surface area (Å²) in [7, 11) is -3.76. The van der Waals surface area contributed by atoms with E-state index in [0.717, 1.165) is 0 Å². The summed E-state index contributed by atoms with van der Waals surface area (Å²) in [5.41, 5.74) is 0.450. The lowest BCUT2D eigenvalue weighted by atomic mass is 10.0. The minimum Gasteiger partial charge on any atom is -0.481 e. The van der Waals surface area contributed by atoms with E-state index in [9.17, 15) is 18.0 Å². The Balaban J connectivity index is 1.99. The standard InChI is InChI=1S/C13H16N2O5S/c14-21(19,20)11-5-3-10(4-6-11)15-12(16)8-1-2-9(7-8)13(17)18/h3-6,8-9H,1-2,7H2,(H,15,16)(H,17,18)(H2,14,19,20)/t8-,9+/m1/s1. The molecular formula is C13H16N2O5S. The van der Waals surface area contributed by atoms with Crippen LogP contribution in [0.4, 0.5) is 5.69 Å². The minimum absolute atomic E-state index is 0.0349. The number of anilines is 1. The maximum absolute atomic E-state index is 12.0. The van der Waals surface area contributed by atoms with E-state index in [1.54, 1.807) is 0 Å². The third-order valence-corrected chi connectivity index (χ3v) is 4.53. The number of amides is 1. The number of carboxylic acids is 1. The Morgan fingerprint density at radius 3 is 2.19 bits per heavy atom. The molecular weight excluding hydrogens is 296 g/mol. The fourth-order valence-corrected chi connectivity index (χ4v) is 2.93. The number of hydrogen-bond acceptors (Lipinski definition) is 4. The molecule has 0 aromatic heterocycles. The van der Waals surface area contributed by atoms with Gasteiger partial charge in [-0.05, 0) is 43.5 Å². The first-order valence-electron chi connectivity index (χ1n) is 6.44. The Hall–Kier alpha value is -1.93. The van der Waals surface area contributed by atoms with Gasteiger partial charge < -0.3 is 10.4 Å². The Labute approximate surface area is 122 Å². The number of carbonyl (C=O) groups is 2. The van der Waals surface area contributed by atoms with Crippen molar-refractivity contribution in [2.24, 2.45) is 17.0 Å². The summed E-state index contributed by atoms with van der Waals surface area (Å²) in [5, 5.41) is 16.5. The van der Waals surface area contributed by atoms with E-state index in [-0.39, 0.29) is 16.7 Å². The van der Waals surface area contributed by atoms with Gasteiger partial charge in [0, 0.05) is 11.6 Å². The Kier molecular flexibility index (Phi) is 4.29. The molecule has 0 spiro atoms. The molecule has 1 amide bonds. The number of primary sulfonamides is 1. The van der Waals surface area contributed by atoms with Crippen molar-refractivity contribution in [2.75, 3.05) is 5.32 Å². The molecule has 0 unspecified atom stereocenters. The van der Waals surface area contributed by atoms with E-state index >= 15 is 0 Å². The van der Waals surface area contributed by atoms with Crippen molar-refractivity contribution in [3.05, 3.63) is 24.3 Å². The smallest absolute Gasteiger partial charge is 0.306 e. The van der Waals surface area contributed by atoms with E-state index in [2.05, 4.69) is 5.32 Å². The number of rotatable bonds is 4. The van der Waals surface area contributed by atoms with Crippen LogP contribution in [0.2, 0.25) is 0 Å². The zero-order valence-electron chi connectivity index (χ0n) is 11.2. The van der Waals surface area contributed by atoms with Crippen molar-refractivity contribution in [2.45, 2.75) is 24.2 Å². The van der Waals surface area contributed by atoms with E-state index in [1.165, 1.54) is 24.3 Å². The minimum atomic E-state index is -3.76. The Morgan fingerprint density at radius 1 is 1.14 bits per heavy atom. The summed E-state index contributed by atoms with van der Waals surface area (Å²) in [4.78, 5) is 22.8. The summed E-state index contributed by atoms with van der Waals surface area (Å²) in [6.45, 7) is 0. The number of carboxylic acid groups (broad SMARTS) is 1. The molecule has 2 atom stereocenters. The van der Waals surface area contributed by atoms with Gasteiger partial charge in [0.1, 0.15) is 0 Å². The summed E-state index contributed by atoms with van der Waals surface area (Å²) in [6, 6.07) is 5.50. The number of nitrogens with two attached hydrogens (primary N) is 1. The normalized spacial score (nSPS) is 22.0. The topological polar surface area (TPSA) is 127 Å². The predicted octanol–water partition coefficient (Wildman–Crippen LogP) is 0.773. The third kappa shape index (κ3) is 3.79. The molecule has 1 aromatic rings. The molecule has 0 radical (unpaired) electrons. The molecule has 7 nitrogen and oxygen atoms in total. The van der Waals surface area contributed by atoms with E-state index in [1.807, 2.05) is 0 Å². The van der Waals surface area contributed by atoms with Crippen LogP contribution >= 0.6 is 0 Å². The van der Waals surface area contributed by atoms with Gasteiger partial charge in [-0.2, -0.15) is 0 Å². The SMILES string of the molecule is NS(=O)(=O)c1ccc(NC(=O)[C@@H]2CC[C@H](C(=O)O)C2)cc1. The lowest BCUT2D eigenvalue weighted by Crippen LogP contribution is -2.21. The van der Waals surface area contributed by atoms with Gasteiger partial charge in [-0.25, -0.2) is 13.6 Å². The molecule has 0 aliphatic heterocycles. The van der Waals surface area contributed by atoms with Crippen molar-refractivity contribution in [3.63, 3.8) is 0 Å². The number of nitrogens with one attached hydrogen (secondary N) is 1. The van der Waals surface area contributed by atoms with E-state index < -0.39 is 21.9 Å². The average molecular weight is 312 g/mol. The largest absolute Gasteiger partial charge is 0.481 e. The molecule has 4 N–H and O–H groups in total. The van der Waals surface area contributed by atoms with Crippen LogP contribution in [0.3, 0.4) is 0 Å². The molecule has 1 fully saturated rings. The number of hydrogen-bond donors (Lipinski definition) is 3. The van der Waals surface area contributed by atoms with Gasteiger partial charge in [0.25, 0.3) is 0 Å². The molecule has 1 saturated carbocycles. The second-order valence-electron chi connectivity index (χ2n) is 5.10. The highest BCUT2D eigenvalue weighted by atomic mass is 32.2. The maximum Gasteiger partial charge on any atom is 0.306 e. The monoisotopic (exact) mass is 312 g/mol. The zero-order chi connectivity index (χ0) is 15.6.